The van der Waals surface area contributed by atoms with Crippen LogP contribution < -0.4 is 0 Å². The molecule has 0 bridgehead atoms. The average molecular weight is 274 g/mol. The van der Waals surface area contributed by atoms with Crippen molar-refractivity contribution in [3.8, 4) is 0 Å². The molecule has 20 heavy (non-hydrogen) atoms. The summed E-state index contributed by atoms with van der Waals surface area (Å²) in [7, 11) is 0. The van der Waals surface area contributed by atoms with Gasteiger partial charge in [0, 0.05) is 25.0 Å². The Labute approximate surface area is 119 Å². The van der Waals surface area contributed by atoms with Gasteiger partial charge in [-0.15, -0.1) is 0 Å². The van der Waals surface area contributed by atoms with Gasteiger partial charge in [-0.1, -0.05) is 13.8 Å². The van der Waals surface area contributed by atoms with E-state index in [0.717, 1.165) is 24.1 Å². The first kappa shape index (κ1) is 14.7. The Bertz CT molecular complexity index is 531. The Morgan fingerprint density at radius 1 is 1.20 bits per heavy atom. The van der Waals surface area contributed by atoms with Gasteiger partial charge in [-0.05, 0) is 31.4 Å². The van der Waals surface area contributed by atoms with Crippen molar-refractivity contribution in [2.75, 3.05) is 0 Å². The highest BCUT2D eigenvalue weighted by Crippen LogP contribution is 2.17. The summed E-state index contributed by atoms with van der Waals surface area (Å²) in [6.45, 7) is 6.24. The first-order chi connectivity index (χ1) is 9.63. The van der Waals surface area contributed by atoms with Crippen molar-refractivity contribution in [3.63, 3.8) is 0 Å². The Hall–Kier alpha value is -1.75. The zero-order chi connectivity index (χ0) is 14.5. The molecule has 2 rings (SSSR count). The van der Waals surface area contributed by atoms with Crippen molar-refractivity contribution >= 4 is 0 Å². The molecule has 0 spiro atoms. The van der Waals surface area contributed by atoms with E-state index < -0.39 is 6.10 Å². The van der Waals surface area contributed by atoms with Crippen LogP contribution in [-0.2, 0) is 6.42 Å². The SMILES string of the molecule is CCC(CC)n1ccc(CC(O)c2ncc(C)cn2)n1. The summed E-state index contributed by atoms with van der Waals surface area (Å²) in [6.07, 6.45) is 7.26. The number of hydrogen-bond donors (Lipinski definition) is 1. The van der Waals surface area contributed by atoms with Gasteiger partial charge in [-0.25, -0.2) is 9.97 Å². The quantitative estimate of drug-likeness (QED) is 0.879. The van der Waals surface area contributed by atoms with Crippen molar-refractivity contribution in [1.29, 1.82) is 0 Å². The third kappa shape index (κ3) is 3.42. The molecule has 1 atom stereocenters. The minimum atomic E-state index is -0.708. The molecular weight excluding hydrogens is 252 g/mol. The van der Waals surface area contributed by atoms with Gasteiger partial charge in [-0.2, -0.15) is 5.10 Å². The van der Waals surface area contributed by atoms with Crippen LogP contribution in [0.25, 0.3) is 0 Å². The van der Waals surface area contributed by atoms with E-state index in [1.807, 2.05) is 23.9 Å². The molecule has 2 aromatic heterocycles. The van der Waals surface area contributed by atoms with E-state index in [-0.39, 0.29) is 0 Å². The van der Waals surface area contributed by atoms with E-state index in [2.05, 4.69) is 28.9 Å². The summed E-state index contributed by atoms with van der Waals surface area (Å²) in [5.74, 6) is 0.452. The number of aryl methyl sites for hydroxylation is 1. The molecule has 1 N–H and O–H groups in total. The molecule has 108 valence electrons. The number of aromatic nitrogens is 4. The molecule has 0 aliphatic heterocycles. The molecule has 1 unspecified atom stereocenters. The van der Waals surface area contributed by atoms with Gasteiger partial charge in [0.1, 0.15) is 6.10 Å². The van der Waals surface area contributed by atoms with E-state index in [1.165, 1.54) is 0 Å². The van der Waals surface area contributed by atoms with Crippen molar-refractivity contribution in [3.05, 3.63) is 41.7 Å². The smallest absolute Gasteiger partial charge is 0.157 e. The maximum atomic E-state index is 10.2. The third-order valence-corrected chi connectivity index (χ3v) is 3.48. The van der Waals surface area contributed by atoms with Crippen LogP contribution in [0.2, 0.25) is 0 Å². The van der Waals surface area contributed by atoms with E-state index in [0.29, 0.717) is 18.3 Å². The minimum Gasteiger partial charge on any atom is -0.385 e. The maximum Gasteiger partial charge on any atom is 0.157 e. The second-order valence-electron chi connectivity index (χ2n) is 5.10. The van der Waals surface area contributed by atoms with Crippen LogP contribution in [0.4, 0.5) is 0 Å². The minimum absolute atomic E-state index is 0.427. The number of nitrogens with zero attached hydrogens (tertiary/aromatic N) is 4. The Morgan fingerprint density at radius 3 is 2.45 bits per heavy atom. The van der Waals surface area contributed by atoms with Crippen molar-refractivity contribution in [1.82, 2.24) is 19.7 Å². The van der Waals surface area contributed by atoms with Gasteiger partial charge in [0.2, 0.25) is 0 Å². The largest absolute Gasteiger partial charge is 0.385 e. The fraction of sp³-hybridized carbons (Fsp3) is 0.533. The summed E-state index contributed by atoms with van der Waals surface area (Å²) < 4.78 is 1.98. The van der Waals surface area contributed by atoms with Crippen LogP contribution in [0.15, 0.2) is 24.7 Å². The number of aliphatic hydroxyl groups is 1. The molecule has 0 radical (unpaired) electrons. The molecular formula is C15H22N4O. The number of rotatable bonds is 6. The number of hydrogen-bond acceptors (Lipinski definition) is 4. The third-order valence-electron chi connectivity index (χ3n) is 3.48. The lowest BCUT2D eigenvalue weighted by Gasteiger charge is -2.12. The molecule has 0 saturated carbocycles. The highest BCUT2D eigenvalue weighted by molar-refractivity contribution is 5.07. The second-order valence-corrected chi connectivity index (χ2v) is 5.10. The second kappa shape index (κ2) is 6.61. The summed E-state index contributed by atoms with van der Waals surface area (Å²) in [5.41, 5.74) is 1.85. The zero-order valence-electron chi connectivity index (χ0n) is 12.3. The fourth-order valence-corrected chi connectivity index (χ4v) is 2.22. The summed E-state index contributed by atoms with van der Waals surface area (Å²) >= 11 is 0. The molecule has 0 aromatic carbocycles. The van der Waals surface area contributed by atoms with E-state index in [9.17, 15) is 5.11 Å². The normalized spacial score (nSPS) is 12.8. The van der Waals surface area contributed by atoms with Gasteiger partial charge in [0.25, 0.3) is 0 Å². The molecule has 2 aromatic rings. The van der Waals surface area contributed by atoms with Crippen molar-refractivity contribution < 1.29 is 5.11 Å². The Balaban J connectivity index is 2.04. The predicted molar refractivity (Wildman–Crippen MR) is 77.3 cm³/mol. The maximum absolute atomic E-state index is 10.2. The lowest BCUT2D eigenvalue weighted by Crippen LogP contribution is -2.10. The monoisotopic (exact) mass is 274 g/mol. The highest BCUT2D eigenvalue weighted by Gasteiger charge is 2.14. The molecule has 5 nitrogen and oxygen atoms in total. The molecule has 0 saturated heterocycles. The van der Waals surface area contributed by atoms with Crippen LogP contribution in [0.1, 0.15) is 55.9 Å². The first-order valence-electron chi connectivity index (χ1n) is 7.14. The lowest BCUT2D eigenvalue weighted by molar-refractivity contribution is 0.166. The lowest BCUT2D eigenvalue weighted by atomic mass is 10.2. The van der Waals surface area contributed by atoms with Gasteiger partial charge >= 0.3 is 0 Å². The summed E-state index contributed by atoms with van der Waals surface area (Å²) in [5, 5.41) is 14.7. The molecule has 2 heterocycles. The van der Waals surface area contributed by atoms with Crippen molar-refractivity contribution in [2.45, 2.75) is 52.2 Å². The Morgan fingerprint density at radius 2 is 1.85 bits per heavy atom. The Kier molecular flexibility index (Phi) is 4.84. The molecule has 0 amide bonds. The topological polar surface area (TPSA) is 63.8 Å². The summed E-state index contributed by atoms with van der Waals surface area (Å²) in [4.78, 5) is 8.31. The van der Waals surface area contributed by atoms with Crippen LogP contribution in [0.3, 0.4) is 0 Å². The standard InChI is InChI=1S/C15H22N4O/c1-4-13(5-2)19-7-6-12(18-19)8-14(20)15-16-9-11(3)10-17-15/h6-7,9-10,13-14,20H,4-5,8H2,1-3H3. The van der Waals surface area contributed by atoms with Gasteiger partial charge in [-0.3, -0.25) is 4.68 Å². The zero-order valence-corrected chi connectivity index (χ0v) is 12.3. The van der Waals surface area contributed by atoms with Gasteiger partial charge < -0.3 is 5.11 Å². The van der Waals surface area contributed by atoms with Crippen LogP contribution in [0.5, 0.6) is 0 Å². The average Bonchev–Trinajstić information content (AvgIpc) is 2.89. The van der Waals surface area contributed by atoms with Gasteiger partial charge in [0.15, 0.2) is 5.82 Å². The molecule has 0 aliphatic rings. The first-order valence-corrected chi connectivity index (χ1v) is 7.14. The van der Waals surface area contributed by atoms with Gasteiger partial charge in [0.05, 0.1) is 11.7 Å². The fourth-order valence-electron chi connectivity index (χ4n) is 2.22. The summed E-state index contributed by atoms with van der Waals surface area (Å²) in [6, 6.07) is 2.38. The van der Waals surface area contributed by atoms with E-state index in [4.69, 9.17) is 0 Å². The van der Waals surface area contributed by atoms with Crippen LogP contribution in [0, 0.1) is 6.92 Å². The number of aliphatic hydroxyl groups excluding tert-OH is 1. The van der Waals surface area contributed by atoms with E-state index >= 15 is 0 Å². The van der Waals surface area contributed by atoms with Crippen LogP contribution >= 0.6 is 0 Å². The molecule has 5 heteroatoms. The van der Waals surface area contributed by atoms with Crippen LogP contribution in [-0.4, -0.2) is 24.9 Å². The molecule has 0 fully saturated rings. The predicted octanol–water partition coefficient (Wildman–Crippen LogP) is 2.62. The van der Waals surface area contributed by atoms with Crippen molar-refractivity contribution in [2.24, 2.45) is 0 Å². The highest BCUT2D eigenvalue weighted by atomic mass is 16.3. The van der Waals surface area contributed by atoms with E-state index in [1.54, 1.807) is 12.4 Å². The molecule has 0 aliphatic carbocycles.